The number of nitrogens with zero attached hydrogens (tertiary/aromatic N) is 6. The van der Waals surface area contributed by atoms with E-state index in [4.69, 9.17) is 39.9 Å². The Hall–Kier alpha value is -10.3. The largest absolute Gasteiger partial charge is 0.493 e. The van der Waals surface area contributed by atoms with Crippen LogP contribution in [0.25, 0.3) is 0 Å². The molecule has 0 atom stereocenters. The number of para-hydroxylation sites is 2. The number of nitrogens with one attached hydrogen (secondary N) is 8. The number of fused-ring (bicyclic) bond motifs is 8. The Labute approximate surface area is 521 Å². The third-order valence-electron chi connectivity index (χ3n) is 13.2. The Morgan fingerprint density at radius 1 is 0.389 bits per heavy atom. The molecule has 28 nitrogen and oxygen atoms in total. The number of rotatable bonds is 32. The van der Waals surface area contributed by atoms with Crippen molar-refractivity contribution in [3.8, 4) is 23.0 Å². The molecule has 0 saturated carbocycles. The lowest BCUT2D eigenvalue weighted by molar-refractivity contribution is -0.143. The fourth-order valence-corrected chi connectivity index (χ4v) is 9.39. The average Bonchev–Trinajstić information content (AvgIpc) is 0.894. The van der Waals surface area contributed by atoms with Crippen LogP contribution in [-0.2, 0) is 63.9 Å². The molecule has 8 bridgehead atoms. The molecule has 0 fully saturated rings. The number of carbonyl (C=O) groups excluding carboxylic acids is 6. The number of amides is 4. The number of nitrogen functional groups attached to an aromatic ring is 2. The maximum absolute atomic E-state index is 12.8. The zero-order valence-electron chi connectivity index (χ0n) is 51.7. The van der Waals surface area contributed by atoms with Gasteiger partial charge in [-0.15, -0.1) is 0 Å². The second-order valence-corrected chi connectivity index (χ2v) is 20.5. The summed E-state index contributed by atoms with van der Waals surface area (Å²) in [6, 6.07) is 20.1. The van der Waals surface area contributed by atoms with Gasteiger partial charge in [0.25, 0.3) is 0 Å². The highest BCUT2D eigenvalue weighted by Crippen LogP contribution is 2.42. The van der Waals surface area contributed by atoms with Crippen LogP contribution in [0.4, 0.5) is 47.1 Å². The van der Waals surface area contributed by atoms with Crippen LogP contribution in [0.3, 0.4) is 0 Å². The van der Waals surface area contributed by atoms with E-state index in [2.05, 4.69) is 100 Å². The molecule has 480 valence electrons. The minimum atomic E-state index is -0.599. The molecule has 12 N–H and O–H groups in total. The van der Waals surface area contributed by atoms with E-state index >= 15 is 0 Å². The van der Waals surface area contributed by atoms with Crippen molar-refractivity contribution in [3.63, 3.8) is 0 Å². The fraction of sp³-hybridized carbons (Fsp3) is 0.419. The molecule has 90 heavy (non-hydrogen) atoms. The topological polar surface area (TPSA) is 383 Å². The Morgan fingerprint density at radius 3 is 0.989 bits per heavy atom. The number of anilines is 8. The third-order valence-corrected chi connectivity index (χ3v) is 13.2. The Bertz CT molecular complexity index is 3160. The molecule has 0 aliphatic heterocycles. The summed E-state index contributed by atoms with van der Waals surface area (Å²) in [7, 11) is 0. The summed E-state index contributed by atoms with van der Waals surface area (Å²) in [5, 5.41) is 22.2. The first-order valence-electron chi connectivity index (χ1n) is 30.1. The van der Waals surface area contributed by atoms with Gasteiger partial charge in [0.1, 0.15) is 36.1 Å². The van der Waals surface area contributed by atoms with Crippen molar-refractivity contribution in [1.29, 1.82) is 0 Å². The lowest BCUT2D eigenvalue weighted by Gasteiger charge is -2.24. The second-order valence-electron chi connectivity index (χ2n) is 20.5. The molecule has 7 rings (SSSR count). The summed E-state index contributed by atoms with van der Waals surface area (Å²) in [5.74, 6) is -0.820. The third kappa shape index (κ3) is 20.4. The number of benzene rings is 4. The van der Waals surface area contributed by atoms with E-state index in [-0.39, 0.29) is 88.2 Å². The van der Waals surface area contributed by atoms with Gasteiger partial charge < -0.3 is 82.4 Å². The van der Waals surface area contributed by atoms with Crippen LogP contribution in [0.5, 0.6) is 23.0 Å². The van der Waals surface area contributed by atoms with Crippen molar-refractivity contribution in [1.82, 2.24) is 51.2 Å². The first-order valence-corrected chi connectivity index (χ1v) is 30.1. The highest BCUT2D eigenvalue weighted by molar-refractivity contribution is 5.89. The molecule has 6 aromatic rings. The van der Waals surface area contributed by atoms with E-state index in [1.54, 1.807) is 13.8 Å². The van der Waals surface area contributed by atoms with Gasteiger partial charge in [-0.2, -0.15) is 29.9 Å². The summed E-state index contributed by atoms with van der Waals surface area (Å²) >= 11 is 0. The van der Waals surface area contributed by atoms with Gasteiger partial charge >= 0.3 is 11.9 Å². The zero-order chi connectivity index (χ0) is 64.4. The fourth-order valence-electron chi connectivity index (χ4n) is 9.39. The van der Waals surface area contributed by atoms with Gasteiger partial charge in [0, 0.05) is 59.3 Å². The quantitative estimate of drug-likeness (QED) is 0.0249. The van der Waals surface area contributed by atoms with Crippen molar-refractivity contribution in [2.24, 2.45) is 0 Å². The van der Waals surface area contributed by atoms with Crippen LogP contribution < -0.4 is 72.9 Å². The number of ether oxygens (including phenoxy) is 6. The predicted molar refractivity (Wildman–Crippen MR) is 337 cm³/mol. The van der Waals surface area contributed by atoms with Crippen LogP contribution in [0, 0.1) is 0 Å². The van der Waals surface area contributed by atoms with Gasteiger partial charge in [-0.1, -0.05) is 64.1 Å². The Kier molecular flexibility index (Phi) is 25.6. The van der Waals surface area contributed by atoms with Crippen LogP contribution in [-0.4, -0.2) is 144 Å². The molecular weight excluding hydrogens is 1160 g/mol. The van der Waals surface area contributed by atoms with Gasteiger partial charge in [-0.25, -0.2) is 0 Å². The molecule has 0 unspecified atom stereocenters. The van der Waals surface area contributed by atoms with E-state index in [1.165, 1.54) is 0 Å². The SMILES string of the molecule is CCCOc1c2cccc1Cc1cc(Nc3nc(N)nc(NCC(=O)NCC(=O)NCC(=O)OCC)n3)cc(c1OCCC)Cc1cccc(c1OCCC)Cc1cc(Nc3nc(N)nc(NCC(=O)NCC(=O)NCC(=O)OCC)n3)cc(c1OCCC)C2. The van der Waals surface area contributed by atoms with Gasteiger partial charge in [0.05, 0.1) is 65.8 Å². The molecule has 2 aromatic heterocycles. The molecule has 0 radical (unpaired) electrons. The number of hydrogen-bond donors (Lipinski definition) is 10. The minimum Gasteiger partial charge on any atom is -0.493 e. The highest BCUT2D eigenvalue weighted by Gasteiger charge is 2.25. The van der Waals surface area contributed by atoms with E-state index in [1.807, 2.05) is 60.7 Å². The molecule has 1 aliphatic rings. The van der Waals surface area contributed by atoms with Crippen LogP contribution in [0.2, 0.25) is 0 Å². The first kappa shape index (κ1) is 67.2. The Balaban J connectivity index is 1.26. The average molecular weight is 1240 g/mol. The molecule has 2 heterocycles. The monoisotopic (exact) mass is 1240 g/mol. The number of carbonyl (C=O) groups is 6. The Morgan fingerprint density at radius 2 is 0.678 bits per heavy atom. The van der Waals surface area contributed by atoms with E-state index in [0.29, 0.717) is 86.5 Å². The molecule has 1 aliphatic carbocycles. The molecule has 28 heteroatoms. The molecule has 4 aromatic carbocycles. The number of esters is 2. The van der Waals surface area contributed by atoms with Crippen LogP contribution in [0.1, 0.15) is 112 Å². The summed E-state index contributed by atoms with van der Waals surface area (Å²) in [4.78, 5) is 99.8. The number of aromatic nitrogens is 6. The van der Waals surface area contributed by atoms with Gasteiger partial charge in [0.15, 0.2) is 0 Å². The maximum atomic E-state index is 12.8. The summed E-state index contributed by atoms with van der Waals surface area (Å²) < 4.78 is 36.8. The second kappa shape index (κ2) is 34.3. The standard InChI is InChI=1S/C62H80N16O12/c1-7-19-87-53-37-15-13-16-38(53)24-42-28-46(72-62-76-58(64)74-60(78-62)70-34-50(82)66-32-48(80)68-36-52(84)86-12-6)30-44(56(42)90-22-10-4)26-40-18-14-17-39(54(40)88-20-8-2)25-43-29-45(27-41(23-37)55(43)89-21-9-3)71-61-75-57(63)73-59(77-61)69-33-49(81)65-31-47(79)67-35-51(83)85-11-5/h13-18,27-30H,7-12,19-26,31-36H2,1-6H3,(H,65,81)(H,66,82)(H,67,79)(H,68,80)(H4,63,69,71,73,75,77)(H4,64,70,72,74,76,78). The molecule has 0 spiro atoms. The lowest BCUT2D eigenvalue weighted by Crippen LogP contribution is -2.41. The maximum Gasteiger partial charge on any atom is 0.325 e. The lowest BCUT2D eigenvalue weighted by atomic mass is 9.90. The predicted octanol–water partition coefficient (Wildman–Crippen LogP) is 4.95. The van der Waals surface area contributed by atoms with Crippen molar-refractivity contribution in [2.45, 2.75) is 92.9 Å². The van der Waals surface area contributed by atoms with Crippen LogP contribution in [0.15, 0.2) is 60.7 Å². The molecule has 4 amide bonds. The van der Waals surface area contributed by atoms with Crippen molar-refractivity contribution in [3.05, 3.63) is 105 Å². The minimum absolute atomic E-state index is 0.00922. The zero-order valence-corrected chi connectivity index (χ0v) is 51.7. The normalized spacial score (nSPS) is 11.4. The summed E-state index contributed by atoms with van der Waals surface area (Å²) in [6.45, 7) is 11.5. The molecular formula is C62H80N16O12. The van der Waals surface area contributed by atoms with Crippen molar-refractivity contribution in [2.75, 3.05) is 112 Å². The van der Waals surface area contributed by atoms with Gasteiger partial charge in [0.2, 0.25) is 59.3 Å². The number of hydrogen-bond acceptors (Lipinski definition) is 24. The van der Waals surface area contributed by atoms with Gasteiger partial charge in [-0.05, 0) is 86.1 Å². The van der Waals surface area contributed by atoms with E-state index in [0.717, 1.165) is 70.2 Å². The first-order chi connectivity index (χ1) is 43.6. The van der Waals surface area contributed by atoms with E-state index in [9.17, 15) is 28.8 Å². The highest BCUT2D eigenvalue weighted by atomic mass is 16.5. The molecule has 0 saturated heterocycles. The van der Waals surface area contributed by atoms with Crippen LogP contribution >= 0.6 is 0 Å². The smallest absolute Gasteiger partial charge is 0.325 e. The summed E-state index contributed by atoms with van der Waals surface area (Å²) in [6.07, 6.45) is 4.35. The van der Waals surface area contributed by atoms with E-state index < -0.39 is 35.6 Å². The van der Waals surface area contributed by atoms with Crippen molar-refractivity contribution < 1.29 is 57.2 Å². The van der Waals surface area contributed by atoms with Gasteiger partial charge in [-0.3, -0.25) is 28.8 Å². The number of nitrogens with two attached hydrogens (primary N) is 2. The summed E-state index contributed by atoms with van der Waals surface area (Å²) in [5.41, 5.74) is 20.5. The van der Waals surface area contributed by atoms with Crippen molar-refractivity contribution >= 4 is 82.6 Å².